The second kappa shape index (κ2) is 7.67. The van der Waals surface area contributed by atoms with Crippen molar-refractivity contribution in [1.82, 2.24) is 0 Å². The summed E-state index contributed by atoms with van der Waals surface area (Å²) < 4.78 is -0.820. The maximum Gasteiger partial charge on any atom is 0.147 e. The van der Waals surface area contributed by atoms with E-state index in [0.29, 0.717) is 11.8 Å². The van der Waals surface area contributed by atoms with Crippen molar-refractivity contribution in [3.05, 3.63) is 0 Å². The molecule has 0 bridgehead atoms. The zero-order valence-electron chi connectivity index (χ0n) is 8.47. The quantitative estimate of drug-likeness (QED) is 0.576. The van der Waals surface area contributed by atoms with Crippen molar-refractivity contribution in [3.63, 3.8) is 0 Å². The Morgan fingerprint density at radius 3 is 2.50 bits per heavy atom. The second-order valence-electron chi connectivity index (χ2n) is 3.47. The van der Waals surface area contributed by atoms with Crippen LogP contribution in [-0.2, 0) is 0 Å². The van der Waals surface area contributed by atoms with Gasteiger partial charge in [0.05, 0.1) is 12.2 Å². The maximum atomic E-state index is 9.77. The largest absolute Gasteiger partial charge is 0.391 e. The van der Waals surface area contributed by atoms with Gasteiger partial charge in [-0.15, -0.1) is 0 Å². The standard InChI is InChI=1S/C10H17Br2NO/c1-2-3-4-5-6-9(14)10(12,7-11)8-13/h9,14H,2-7H2,1H3. The van der Waals surface area contributed by atoms with E-state index in [2.05, 4.69) is 44.9 Å². The highest BCUT2D eigenvalue weighted by Gasteiger charge is 2.33. The lowest BCUT2D eigenvalue weighted by molar-refractivity contribution is 0.146. The zero-order chi connectivity index (χ0) is 11.0. The summed E-state index contributed by atoms with van der Waals surface area (Å²) in [5.41, 5.74) is 0. The Labute approximate surface area is 103 Å². The first-order valence-corrected chi connectivity index (χ1v) is 6.86. The smallest absolute Gasteiger partial charge is 0.147 e. The van der Waals surface area contributed by atoms with Crippen LogP contribution in [0.25, 0.3) is 0 Å². The summed E-state index contributed by atoms with van der Waals surface area (Å²) in [4.78, 5) is 0. The molecule has 0 saturated heterocycles. The predicted octanol–water partition coefficient (Wildman–Crippen LogP) is 3.37. The van der Waals surface area contributed by atoms with Gasteiger partial charge >= 0.3 is 0 Å². The van der Waals surface area contributed by atoms with Gasteiger partial charge in [0, 0.05) is 5.33 Å². The lowest BCUT2D eigenvalue weighted by atomic mass is 10.00. The number of rotatable bonds is 7. The Morgan fingerprint density at radius 2 is 2.07 bits per heavy atom. The molecule has 0 aliphatic heterocycles. The molecule has 1 N–H and O–H groups in total. The van der Waals surface area contributed by atoms with Gasteiger partial charge in [-0.1, -0.05) is 64.5 Å². The summed E-state index contributed by atoms with van der Waals surface area (Å²) >= 11 is 6.49. The molecule has 0 spiro atoms. The number of aliphatic hydroxyl groups excluding tert-OH is 1. The highest BCUT2D eigenvalue weighted by molar-refractivity contribution is 9.12. The Kier molecular flexibility index (Phi) is 7.89. The molecule has 0 heterocycles. The zero-order valence-corrected chi connectivity index (χ0v) is 11.6. The number of hydrogen-bond acceptors (Lipinski definition) is 2. The normalized spacial score (nSPS) is 17.1. The number of nitriles is 1. The number of nitrogens with zero attached hydrogens (tertiary/aromatic N) is 1. The molecule has 82 valence electrons. The van der Waals surface area contributed by atoms with E-state index in [0.717, 1.165) is 12.8 Å². The van der Waals surface area contributed by atoms with E-state index in [9.17, 15) is 5.11 Å². The van der Waals surface area contributed by atoms with Crippen molar-refractivity contribution in [2.75, 3.05) is 5.33 Å². The van der Waals surface area contributed by atoms with Crippen LogP contribution in [0.5, 0.6) is 0 Å². The van der Waals surface area contributed by atoms with Gasteiger partial charge in [-0.05, 0) is 6.42 Å². The molecule has 0 radical (unpaired) electrons. The minimum absolute atomic E-state index is 0.450. The SMILES string of the molecule is CCCCCCC(O)C(Br)(C#N)CBr. The van der Waals surface area contributed by atoms with Crippen LogP contribution in [0.15, 0.2) is 0 Å². The Hall–Kier alpha value is 0.410. The molecule has 0 fully saturated rings. The van der Waals surface area contributed by atoms with E-state index in [1.165, 1.54) is 12.8 Å². The molecule has 2 nitrogen and oxygen atoms in total. The molecule has 0 saturated carbocycles. The number of hydrogen-bond donors (Lipinski definition) is 1. The third kappa shape index (κ3) is 4.77. The Bertz CT molecular complexity index is 193. The molecule has 0 rings (SSSR count). The van der Waals surface area contributed by atoms with Crippen molar-refractivity contribution in [2.24, 2.45) is 0 Å². The highest BCUT2D eigenvalue weighted by Crippen LogP contribution is 2.27. The van der Waals surface area contributed by atoms with Crippen LogP contribution in [0.2, 0.25) is 0 Å². The third-order valence-corrected chi connectivity index (χ3v) is 4.86. The van der Waals surface area contributed by atoms with Crippen LogP contribution in [0.1, 0.15) is 39.0 Å². The molecular weight excluding hydrogens is 310 g/mol. The van der Waals surface area contributed by atoms with Crippen molar-refractivity contribution >= 4 is 31.9 Å². The fourth-order valence-corrected chi connectivity index (χ4v) is 1.91. The molecule has 2 atom stereocenters. The van der Waals surface area contributed by atoms with Crippen LogP contribution in [-0.4, -0.2) is 20.9 Å². The molecule has 0 aromatic heterocycles. The summed E-state index contributed by atoms with van der Waals surface area (Å²) in [5, 5.41) is 19.1. The summed E-state index contributed by atoms with van der Waals surface area (Å²) in [6.45, 7) is 2.15. The summed E-state index contributed by atoms with van der Waals surface area (Å²) in [7, 11) is 0. The molecule has 2 unspecified atom stereocenters. The van der Waals surface area contributed by atoms with Gasteiger partial charge < -0.3 is 5.11 Å². The van der Waals surface area contributed by atoms with Crippen molar-refractivity contribution in [1.29, 1.82) is 5.26 Å². The minimum Gasteiger partial charge on any atom is -0.391 e. The van der Waals surface area contributed by atoms with Crippen molar-refractivity contribution in [2.45, 2.75) is 49.5 Å². The summed E-state index contributed by atoms with van der Waals surface area (Å²) in [6, 6.07) is 2.09. The van der Waals surface area contributed by atoms with Crippen LogP contribution in [0.3, 0.4) is 0 Å². The fourth-order valence-electron chi connectivity index (χ4n) is 1.19. The average Bonchev–Trinajstić information content (AvgIpc) is 2.22. The van der Waals surface area contributed by atoms with Gasteiger partial charge in [0.2, 0.25) is 0 Å². The van der Waals surface area contributed by atoms with Crippen LogP contribution in [0, 0.1) is 11.3 Å². The van der Waals surface area contributed by atoms with Crippen LogP contribution >= 0.6 is 31.9 Å². The first-order chi connectivity index (χ1) is 6.60. The predicted molar refractivity (Wildman–Crippen MR) is 65.8 cm³/mol. The molecule has 0 amide bonds. The van der Waals surface area contributed by atoms with Crippen LogP contribution < -0.4 is 0 Å². The van der Waals surface area contributed by atoms with E-state index >= 15 is 0 Å². The first-order valence-electron chi connectivity index (χ1n) is 4.95. The van der Waals surface area contributed by atoms with Gasteiger partial charge in [0.15, 0.2) is 0 Å². The number of alkyl halides is 2. The van der Waals surface area contributed by atoms with E-state index in [4.69, 9.17) is 5.26 Å². The highest BCUT2D eigenvalue weighted by atomic mass is 79.9. The lowest BCUT2D eigenvalue weighted by Gasteiger charge is -2.23. The van der Waals surface area contributed by atoms with E-state index in [1.807, 2.05) is 0 Å². The molecular formula is C10H17Br2NO. The third-order valence-electron chi connectivity index (χ3n) is 2.24. The topological polar surface area (TPSA) is 44.0 Å². The van der Waals surface area contributed by atoms with Crippen molar-refractivity contribution < 1.29 is 5.11 Å². The maximum absolute atomic E-state index is 9.77. The van der Waals surface area contributed by atoms with E-state index in [-0.39, 0.29) is 0 Å². The Balaban J connectivity index is 3.83. The average molecular weight is 327 g/mol. The van der Waals surface area contributed by atoms with Crippen molar-refractivity contribution in [3.8, 4) is 6.07 Å². The van der Waals surface area contributed by atoms with Gasteiger partial charge in [-0.2, -0.15) is 5.26 Å². The molecule has 4 heteroatoms. The summed E-state index contributed by atoms with van der Waals surface area (Å²) in [5.74, 6) is 0. The second-order valence-corrected chi connectivity index (χ2v) is 5.45. The monoisotopic (exact) mass is 325 g/mol. The molecule has 0 aliphatic carbocycles. The fraction of sp³-hybridized carbons (Fsp3) is 0.900. The molecule has 0 aromatic carbocycles. The molecule has 0 aliphatic rings. The van der Waals surface area contributed by atoms with E-state index in [1.54, 1.807) is 0 Å². The number of halogens is 2. The number of aliphatic hydroxyl groups is 1. The Morgan fingerprint density at radius 1 is 1.43 bits per heavy atom. The molecule has 0 aromatic rings. The summed E-state index contributed by atoms with van der Waals surface area (Å²) in [6.07, 6.45) is 4.59. The van der Waals surface area contributed by atoms with E-state index < -0.39 is 10.4 Å². The van der Waals surface area contributed by atoms with Crippen LogP contribution in [0.4, 0.5) is 0 Å². The van der Waals surface area contributed by atoms with Gasteiger partial charge in [0.1, 0.15) is 4.32 Å². The van der Waals surface area contributed by atoms with Gasteiger partial charge in [-0.25, -0.2) is 0 Å². The first kappa shape index (κ1) is 14.4. The van der Waals surface area contributed by atoms with Gasteiger partial charge in [0.25, 0.3) is 0 Å². The minimum atomic E-state index is -0.820. The number of unbranched alkanes of at least 4 members (excludes halogenated alkanes) is 3. The van der Waals surface area contributed by atoms with Gasteiger partial charge in [-0.3, -0.25) is 0 Å². The molecule has 14 heavy (non-hydrogen) atoms. The lowest BCUT2D eigenvalue weighted by Crippen LogP contribution is -2.36.